The number of nitrogens with two attached hydrogens (primary N) is 1. The fourth-order valence-electron chi connectivity index (χ4n) is 3.00. The van der Waals surface area contributed by atoms with Gasteiger partial charge in [-0.1, -0.05) is 0 Å². The number of pyridine rings is 1. The van der Waals surface area contributed by atoms with Crippen LogP contribution in [0.15, 0.2) is 30.6 Å². The molecule has 110 valence electrons. The molecule has 6 heteroatoms. The van der Waals surface area contributed by atoms with Crippen LogP contribution in [0.3, 0.4) is 0 Å². The molecule has 0 amide bonds. The second-order valence-electron chi connectivity index (χ2n) is 5.34. The van der Waals surface area contributed by atoms with Crippen LogP contribution >= 0.6 is 0 Å². The minimum absolute atomic E-state index is 0.0709. The van der Waals surface area contributed by atoms with Crippen molar-refractivity contribution in [3.8, 4) is 5.75 Å². The predicted molar refractivity (Wildman–Crippen MR) is 79.2 cm³/mol. The van der Waals surface area contributed by atoms with Gasteiger partial charge in [-0.15, -0.1) is 0 Å². The summed E-state index contributed by atoms with van der Waals surface area (Å²) in [4.78, 5) is 14.8. The fourth-order valence-corrected chi connectivity index (χ4v) is 3.00. The molecule has 0 aliphatic heterocycles. The third-order valence-corrected chi connectivity index (χ3v) is 4.12. The molecule has 1 fully saturated rings. The summed E-state index contributed by atoms with van der Waals surface area (Å²) in [5, 5.41) is 12.3. The topological polar surface area (TPSA) is 91.3 Å². The number of rotatable bonds is 4. The summed E-state index contributed by atoms with van der Waals surface area (Å²) < 4.78 is 6.08. The van der Waals surface area contributed by atoms with Gasteiger partial charge in [-0.25, -0.2) is 0 Å². The Labute approximate surface area is 122 Å². The van der Waals surface area contributed by atoms with Crippen molar-refractivity contribution in [2.24, 2.45) is 11.7 Å². The Bertz CT molecular complexity index is 674. The minimum atomic E-state index is -0.385. The molecule has 0 bridgehead atoms. The van der Waals surface area contributed by atoms with Crippen LogP contribution in [-0.2, 0) is 0 Å². The van der Waals surface area contributed by atoms with Crippen LogP contribution in [0.5, 0.6) is 5.75 Å². The zero-order valence-corrected chi connectivity index (χ0v) is 11.6. The Morgan fingerprint density at radius 1 is 1.33 bits per heavy atom. The molecule has 0 saturated heterocycles. The second-order valence-corrected chi connectivity index (χ2v) is 5.34. The molecule has 2 aromatic rings. The third kappa shape index (κ3) is 2.54. The molecule has 3 rings (SSSR count). The first kappa shape index (κ1) is 13.8. The Balaban J connectivity index is 2.00. The van der Waals surface area contributed by atoms with Gasteiger partial charge in [-0.05, 0) is 37.9 Å². The predicted octanol–water partition coefficient (Wildman–Crippen LogP) is 2.65. The lowest BCUT2D eigenvalue weighted by Gasteiger charge is -2.20. The van der Waals surface area contributed by atoms with Crippen molar-refractivity contribution in [2.75, 3.05) is 6.54 Å². The quantitative estimate of drug-likeness (QED) is 0.689. The molecule has 1 saturated carbocycles. The number of ether oxygens (including phenoxy) is 1. The minimum Gasteiger partial charge on any atom is -0.489 e. The molecule has 1 aliphatic carbocycles. The summed E-state index contributed by atoms with van der Waals surface area (Å²) in [5.74, 6) is 1.00. The number of hydrogen-bond acceptors (Lipinski definition) is 5. The maximum absolute atomic E-state index is 11.1. The summed E-state index contributed by atoms with van der Waals surface area (Å²) in [6, 6.07) is 4.80. The van der Waals surface area contributed by atoms with Crippen molar-refractivity contribution in [3.63, 3.8) is 0 Å². The highest BCUT2D eigenvalue weighted by Crippen LogP contribution is 2.35. The van der Waals surface area contributed by atoms with Crippen LogP contribution < -0.4 is 10.5 Å². The lowest BCUT2D eigenvalue weighted by molar-refractivity contribution is -0.383. The number of hydrogen-bond donors (Lipinski definition) is 1. The van der Waals surface area contributed by atoms with Crippen LogP contribution in [0, 0.1) is 16.0 Å². The van der Waals surface area contributed by atoms with Crippen molar-refractivity contribution in [2.45, 2.75) is 25.4 Å². The van der Waals surface area contributed by atoms with Crippen molar-refractivity contribution in [1.82, 2.24) is 4.98 Å². The largest absolute Gasteiger partial charge is 0.489 e. The molecule has 1 heterocycles. The molecule has 6 nitrogen and oxygen atoms in total. The lowest BCUT2D eigenvalue weighted by atomic mass is 10.1. The van der Waals surface area contributed by atoms with E-state index in [1.165, 1.54) is 6.07 Å². The average molecular weight is 287 g/mol. The van der Waals surface area contributed by atoms with E-state index < -0.39 is 0 Å². The summed E-state index contributed by atoms with van der Waals surface area (Å²) in [5.41, 5.74) is 5.84. The molecule has 0 spiro atoms. The van der Waals surface area contributed by atoms with Crippen molar-refractivity contribution in [3.05, 3.63) is 40.7 Å². The Morgan fingerprint density at radius 2 is 2.19 bits per heavy atom. The summed E-state index contributed by atoms with van der Waals surface area (Å²) in [6.07, 6.45) is 6.40. The summed E-state index contributed by atoms with van der Waals surface area (Å²) >= 11 is 0. The molecule has 1 aliphatic rings. The van der Waals surface area contributed by atoms with Gasteiger partial charge in [0, 0.05) is 29.8 Å². The van der Waals surface area contributed by atoms with E-state index in [1.807, 2.05) is 0 Å². The molecular formula is C15H17N3O3. The van der Waals surface area contributed by atoms with Crippen LogP contribution in [0.4, 0.5) is 5.69 Å². The molecule has 2 N–H and O–H groups in total. The maximum atomic E-state index is 11.1. The van der Waals surface area contributed by atoms with Crippen LogP contribution in [0.1, 0.15) is 19.3 Å². The number of nitro groups is 1. The number of non-ortho nitro benzene ring substituents is 1. The van der Waals surface area contributed by atoms with Gasteiger partial charge in [0.05, 0.1) is 10.3 Å². The highest BCUT2D eigenvalue weighted by Gasteiger charge is 2.28. The molecule has 1 aromatic carbocycles. The molecule has 0 radical (unpaired) electrons. The average Bonchev–Trinajstić information content (AvgIpc) is 2.94. The molecule has 1 aromatic heterocycles. The SMILES string of the molecule is NCC1CCCC1Oc1ccc([N+](=O)[O-])c2ccncc12. The van der Waals surface area contributed by atoms with Gasteiger partial charge in [0.2, 0.25) is 0 Å². The van der Waals surface area contributed by atoms with E-state index in [0.29, 0.717) is 29.0 Å². The van der Waals surface area contributed by atoms with Gasteiger partial charge < -0.3 is 10.5 Å². The first-order chi connectivity index (χ1) is 10.2. The number of aromatic nitrogens is 1. The van der Waals surface area contributed by atoms with Crippen molar-refractivity contribution in [1.29, 1.82) is 0 Å². The monoisotopic (exact) mass is 287 g/mol. The second kappa shape index (κ2) is 5.65. The van der Waals surface area contributed by atoms with Gasteiger partial charge >= 0.3 is 0 Å². The zero-order valence-electron chi connectivity index (χ0n) is 11.6. The smallest absolute Gasteiger partial charge is 0.277 e. The first-order valence-electron chi connectivity index (χ1n) is 7.08. The van der Waals surface area contributed by atoms with Gasteiger partial charge in [0.15, 0.2) is 0 Å². The standard InChI is InChI=1S/C15H17N3O3/c16-8-10-2-1-3-14(10)21-15-5-4-13(18(19)20)11-6-7-17-9-12(11)15/h4-7,9-10,14H,1-3,8,16H2. The number of fused-ring (bicyclic) bond motifs is 1. The number of nitrogens with zero attached hydrogens (tertiary/aromatic N) is 2. The van der Waals surface area contributed by atoms with Gasteiger partial charge in [-0.3, -0.25) is 15.1 Å². The van der Waals surface area contributed by atoms with Gasteiger partial charge in [0.25, 0.3) is 5.69 Å². The Morgan fingerprint density at radius 3 is 2.95 bits per heavy atom. The molecule has 2 unspecified atom stereocenters. The van der Waals surface area contributed by atoms with Crippen LogP contribution in [0.25, 0.3) is 10.8 Å². The maximum Gasteiger partial charge on any atom is 0.277 e. The van der Waals surface area contributed by atoms with Gasteiger partial charge in [-0.2, -0.15) is 0 Å². The molecular weight excluding hydrogens is 270 g/mol. The van der Waals surface area contributed by atoms with E-state index in [1.54, 1.807) is 24.5 Å². The van der Waals surface area contributed by atoms with Crippen molar-refractivity contribution < 1.29 is 9.66 Å². The van der Waals surface area contributed by atoms with E-state index in [-0.39, 0.29) is 16.7 Å². The molecule has 2 atom stereocenters. The highest BCUT2D eigenvalue weighted by atomic mass is 16.6. The lowest BCUT2D eigenvalue weighted by Crippen LogP contribution is -2.27. The molecule has 21 heavy (non-hydrogen) atoms. The van der Waals surface area contributed by atoms with Gasteiger partial charge in [0.1, 0.15) is 11.9 Å². The van der Waals surface area contributed by atoms with E-state index in [2.05, 4.69) is 4.98 Å². The zero-order chi connectivity index (χ0) is 14.8. The third-order valence-electron chi connectivity index (χ3n) is 4.12. The highest BCUT2D eigenvalue weighted by molar-refractivity contribution is 5.94. The number of nitro benzene ring substituents is 1. The first-order valence-corrected chi connectivity index (χ1v) is 7.08. The Kier molecular flexibility index (Phi) is 3.70. The number of benzene rings is 1. The van der Waals surface area contributed by atoms with Crippen molar-refractivity contribution >= 4 is 16.5 Å². The van der Waals surface area contributed by atoms with E-state index in [9.17, 15) is 10.1 Å². The normalized spacial score (nSPS) is 21.6. The van der Waals surface area contributed by atoms with E-state index >= 15 is 0 Å². The summed E-state index contributed by atoms with van der Waals surface area (Å²) in [6.45, 7) is 0.605. The van der Waals surface area contributed by atoms with E-state index in [4.69, 9.17) is 10.5 Å². The van der Waals surface area contributed by atoms with E-state index in [0.717, 1.165) is 19.3 Å². The Hall–Kier alpha value is -2.21. The fraction of sp³-hybridized carbons (Fsp3) is 0.400. The van der Waals surface area contributed by atoms with Crippen LogP contribution in [-0.4, -0.2) is 22.6 Å². The summed E-state index contributed by atoms with van der Waals surface area (Å²) in [7, 11) is 0. The van der Waals surface area contributed by atoms with Crippen LogP contribution in [0.2, 0.25) is 0 Å².